The van der Waals surface area contributed by atoms with Crippen molar-refractivity contribution in [3.05, 3.63) is 23.2 Å². The number of rotatable bonds is 5. The molecular weight excluding hydrogens is 349 g/mol. The quantitative estimate of drug-likeness (QED) is 0.832. The summed E-state index contributed by atoms with van der Waals surface area (Å²) in [4.78, 5) is 14.4. The predicted molar refractivity (Wildman–Crippen MR) is 99.5 cm³/mol. The summed E-state index contributed by atoms with van der Waals surface area (Å²) in [5, 5.41) is 7.03. The van der Waals surface area contributed by atoms with Crippen molar-refractivity contribution in [3.8, 4) is 5.75 Å². The van der Waals surface area contributed by atoms with Gasteiger partial charge < -0.3 is 15.4 Å². The molecule has 2 bridgehead atoms. The van der Waals surface area contributed by atoms with Gasteiger partial charge in [-0.2, -0.15) is 0 Å². The highest BCUT2D eigenvalue weighted by Gasteiger charge is 2.35. The molecule has 2 aliphatic rings. The van der Waals surface area contributed by atoms with E-state index in [1.807, 2.05) is 7.05 Å². The van der Waals surface area contributed by atoms with Crippen molar-refractivity contribution in [2.75, 3.05) is 26.0 Å². The van der Waals surface area contributed by atoms with Gasteiger partial charge in [0.15, 0.2) is 0 Å². The molecule has 1 aromatic rings. The molecule has 0 saturated carbocycles. The zero-order valence-electron chi connectivity index (χ0n) is 14.0. The topological polar surface area (TPSA) is 53.6 Å². The lowest BCUT2D eigenvalue weighted by Gasteiger charge is -2.35. The molecule has 2 atom stereocenters. The Morgan fingerprint density at radius 3 is 2.62 bits per heavy atom. The molecular formula is C17H25Cl2N3O2. The van der Waals surface area contributed by atoms with Crippen LogP contribution in [0.5, 0.6) is 5.75 Å². The van der Waals surface area contributed by atoms with Crippen LogP contribution in [0.15, 0.2) is 18.2 Å². The van der Waals surface area contributed by atoms with Gasteiger partial charge in [-0.25, -0.2) is 0 Å². The van der Waals surface area contributed by atoms with Crippen LogP contribution in [0.25, 0.3) is 0 Å². The van der Waals surface area contributed by atoms with Crippen molar-refractivity contribution in [2.24, 2.45) is 0 Å². The van der Waals surface area contributed by atoms with Gasteiger partial charge >= 0.3 is 0 Å². The number of piperidine rings is 1. The van der Waals surface area contributed by atoms with Crippen LogP contribution in [0, 0.1) is 0 Å². The van der Waals surface area contributed by atoms with Crippen LogP contribution in [-0.4, -0.2) is 49.6 Å². The second-order valence-electron chi connectivity index (χ2n) is 6.58. The molecule has 2 fully saturated rings. The Balaban J connectivity index is 0.00000208. The maximum absolute atomic E-state index is 12.3. The van der Waals surface area contributed by atoms with Crippen molar-refractivity contribution >= 4 is 35.6 Å². The molecule has 0 radical (unpaired) electrons. The lowest BCUT2D eigenvalue weighted by Crippen LogP contribution is -2.48. The van der Waals surface area contributed by atoms with Gasteiger partial charge in [-0.05, 0) is 50.9 Å². The Morgan fingerprint density at radius 1 is 1.38 bits per heavy atom. The Labute approximate surface area is 154 Å². The largest absolute Gasteiger partial charge is 0.495 e. The number of likely N-dealkylation sites (N-methyl/N-ethyl adjacent to an activating group) is 1. The van der Waals surface area contributed by atoms with Crippen LogP contribution in [0.3, 0.4) is 0 Å². The molecule has 2 unspecified atom stereocenters. The summed E-state index contributed by atoms with van der Waals surface area (Å²) < 4.78 is 5.12. The fraction of sp³-hybridized carbons (Fsp3) is 0.588. The molecule has 0 aliphatic carbocycles. The van der Waals surface area contributed by atoms with E-state index >= 15 is 0 Å². The minimum Gasteiger partial charge on any atom is -0.495 e. The molecule has 2 N–H and O–H groups in total. The minimum absolute atomic E-state index is 0. The third-order valence-corrected chi connectivity index (χ3v) is 5.20. The van der Waals surface area contributed by atoms with Gasteiger partial charge in [-0.1, -0.05) is 11.6 Å². The first-order chi connectivity index (χ1) is 11.0. The summed E-state index contributed by atoms with van der Waals surface area (Å²) in [6, 6.07) is 7.01. The zero-order valence-corrected chi connectivity index (χ0v) is 15.6. The summed E-state index contributed by atoms with van der Waals surface area (Å²) in [6.45, 7) is 0.397. The number of carbonyl (C=O) groups excluding carboxylic acids is 1. The van der Waals surface area contributed by atoms with E-state index in [4.69, 9.17) is 16.3 Å². The lowest BCUT2D eigenvalue weighted by atomic mass is 9.98. The van der Waals surface area contributed by atoms with Gasteiger partial charge in [0.1, 0.15) is 5.75 Å². The van der Waals surface area contributed by atoms with Gasteiger partial charge in [0, 0.05) is 23.8 Å². The number of nitrogens with zero attached hydrogens (tertiary/aromatic N) is 1. The Bertz CT molecular complexity index is 573. The highest BCUT2D eigenvalue weighted by atomic mass is 35.5. The molecule has 2 saturated heterocycles. The van der Waals surface area contributed by atoms with Gasteiger partial charge in [0.05, 0.1) is 18.7 Å². The van der Waals surface area contributed by atoms with Crippen LogP contribution in [-0.2, 0) is 4.79 Å². The summed E-state index contributed by atoms with van der Waals surface area (Å²) in [5.74, 6) is 0.589. The first-order valence-electron chi connectivity index (χ1n) is 8.15. The average Bonchev–Trinajstić information content (AvgIpc) is 2.85. The third kappa shape index (κ3) is 4.54. The zero-order chi connectivity index (χ0) is 16.4. The highest BCUT2D eigenvalue weighted by Crippen LogP contribution is 2.29. The fourth-order valence-corrected chi connectivity index (χ4v) is 3.95. The number of carbonyl (C=O) groups is 1. The van der Waals surface area contributed by atoms with Crippen LogP contribution in [0.2, 0.25) is 5.02 Å². The van der Waals surface area contributed by atoms with E-state index in [1.54, 1.807) is 25.3 Å². The number of fused-ring (bicyclic) bond motifs is 2. The minimum atomic E-state index is -0.0142. The number of hydrogen-bond donors (Lipinski definition) is 2. The molecule has 3 rings (SSSR count). The van der Waals surface area contributed by atoms with E-state index in [0.717, 1.165) is 12.8 Å². The molecule has 1 aromatic carbocycles. The second kappa shape index (κ2) is 8.39. The number of ether oxygens (including phenoxy) is 1. The first kappa shape index (κ1) is 19.3. The number of benzene rings is 1. The molecule has 0 spiro atoms. The van der Waals surface area contributed by atoms with Gasteiger partial charge in [0.25, 0.3) is 0 Å². The van der Waals surface area contributed by atoms with Crippen molar-refractivity contribution in [2.45, 2.75) is 43.8 Å². The Morgan fingerprint density at radius 2 is 2.04 bits per heavy atom. The molecule has 2 heterocycles. The number of halogens is 2. The van der Waals surface area contributed by atoms with Crippen LogP contribution in [0.1, 0.15) is 25.7 Å². The normalized spacial score (nSPS) is 25.2. The molecule has 2 aliphatic heterocycles. The Kier molecular flexibility index (Phi) is 6.75. The lowest BCUT2D eigenvalue weighted by molar-refractivity contribution is -0.117. The number of methoxy groups -OCH3 is 1. The van der Waals surface area contributed by atoms with E-state index in [0.29, 0.717) is 41.1 Å². The molecule has 5 nitrogen and oxygen atoms in total. The van der Waals surface area contributed by atoms with E-state index in [-0.39, 0.29) is 18.3 Å². The molecule has 1 amide bonds. The van der Waals surface area contributed by atoms with Crippen molar-refractivity contribution in [1.82, 2.24) is 10.2 Å². The van der Waals surface area contributed by atoms with Crippen molar-refractivity contribution < 1.29 is 9.53 Å². The average molecular weight is 374 g/mol. The SMILES string of the molecule is COc1ccc(NC(=O)CN(C)C2CC3CCC(C2)N3)cc1Cl.Cl. The van der Waals surface area contributed by atoms with Crippen LogP contribution < -0.4 is 15.4 Å². The maximum Gasteiger partial charge on any atom is 0.238 e. The number of anilines is 1. The predicted octanol–water partition coefficient (Wildman–Crippen LogP) is 2.92. The van der Waals surface area contributed by atoms with E-state index in [2.05, 4.69) is 15.5 Å². The van der Waals surface area contributed by atoms with E-state index in [9.17, 15) is 4.79 Å². The van der Waals surface area contributed by atoms with Crippen LogP contribution in [0.4, 0.5) is 5.69 Å². The summed E-state index contributed by atoms with van der Waals surface area (Å²) in [7, 11) is 3.61. The molecule has 7 heteroatoms. The van der Waals surface area contributed by atoms with Gasteiger partial charge in [-0.15, -0.1) is 12.4 Å². The van der Waals surface area contributed by atoms with Gasteiger partial charge in [0.2, 0.25) is 5.91 Å². The second-order valence-corrected chi connectivity index (χ2v) is 6.98. The maximum atomic E-state index is 12.3. The van der Waals surface area contributed by atoms with Crippen LogP contribution >= 0.6 is 24.0 Å². The summed E-state index contributed by atoms with van der Waals surface area (Å²) in [6.07, 6.45) is 4.81. The summed E-state index contributed by atoms with van der Waals surface area (Å²) >= 11 is 6.09. The van der Waals surface area contributed by atoms with Gasteiger partial charge in [-0.3, -0.25) is 9.69 Å². The highest BCUT2D eigenvalue weighted by molar-refractivity contribution is 6.32. The third-order valence-electron chi connectivity index (χ3n) is 4.90. The van der Waals surface area contributed by atoms with E-state index in [1.165, 1.54) is 12.8 Å². The van der Waals surface area contributed by atoms with E-state index < -0.39 is 0 Å². The van der Waals surface area contributed by atoms with Crippen molar-refractivity contribution in [3.63, 3.8) is 0 Å². The summed E-state index contributed by atoms with van der Waals surface area (Å²) in [5.41, 5.74) is 0.694. The first-order valence-corrected chi connectivity index (χ1v) is 8.52. The number of nitrogens with one attached hydrogen (secondary N) is 2. The number of hydrogen-bond acceptors (Lipinski definition) is 4. The standard InChI is InChI=1S/C17H24ClN3O2.ClH/c1-21(14-7-11-3-4-12(8-14)19-11)10-17(22)20-13-5-6-16(23-2)15(18)9-13;/h5-6,9,11-12,14,19H,3-4,7-8,10H2,1-2H3,(H,20,22);1H. The molecule has 0 aromatic heterocycles. The smallest absolute Gasteiger partial charge is 0.238 e. The van der Waals surface area contributed by atoms with Crippen molar-refractivity contribution in [1.29, 1.82) is 0 Å². The molecule has 134 valence electrons. The molecule has 24 heavy (non-hydrogen) atoms. The monoisotopic (exact) mass is 373 g/mol. The Hall–Kier alpha value is -1.01. The number of amides is 1. The fourth-order valence-electron chi connectivity index (χ4n) is 3.69.